The van der Waals surface area contributed by atoms with Crippen molar-refractivity contribution in [3.63, 3.8) is 0 Å². The predicted octanol–water partition coefficient (Wildman–Crippen LogP) is 2.93. The molecule has 2 heterocycles. The van der Waals surface area contributed by atoms with Crippen molar-refractivity contribution in [1.82, 2.24) is 4.90 Å². The SMILES string of the molecule is CC1(O)CCCN(CC(=O)c2ccc(Br)s2)CC1. The van der Waals surface area contributed by atoms with Crippen LogP contribution in [0.25, 0.3) is 0 Å². The highest BCUT2D eigenvalue weighted by Gasteiger charge is 2.26. The van der Waals surface area contributed by atoms with E-state index in [9.17, 15) is 9.90 Å². The van der Waals surface area contributed by atoms with E-state index >= 15 is 0 Å². The van der Waals surface area contributed by atoms with Gasteiger partial charge in [-0.2, -0.15) is 0 Å². The van der Waals surface area contributed by atoms with Crippen molar-refractivity contribution in [2.24, 2.45) is 0 Å². The van der Waals surface area contributed by atoms with Gasteiger partial charge in [0.25, 0.3) is 0 Å². The fourth-order valence-corrected chi connectivity index (χ4v) is 3.54. The number of nitrogens with zero attached hydrogens (tertiary/aromatic N) is 1. The first-order valence-corrected chi connectivity index (χ1v) is 7.80. The molecule has 0 radical (unpaired) electrons. The first-order valence-electron chi connectivity index (χ1n) is 6.19. The highest BCUT2D eigenvalue weighted by molar-refractivity contribution is 9.11. The molecule has 1 aromatic rings. The Hall–Kier alpha value is -0.230. The highest BCUT2D eigenvalue weighted by Crippen LogP contribution is 2.24. The van der Waals surface area contributed by atoms with Gasteiger partial charge in [0.05, 0.1) is 20.8 Å². The molecule has 1 aliphatic rings. The van der Waals surface area contributed by atoms with E-state index in [1.54, 1.807) is 0 Å². The summed E-state index contributed by atoms with van der Waals surface area (Å²) in [6.45, 7) is 4.04. The van der Waals surface area contributed by atoms with Crippen molar-refractivity contribution in [2.75, 3.05) is 19.6 Å². The van der Waals surface area contributed by atoms with E-state index in [2.05, 4.69) is 20.8 Å². The zero-order chi connectivity index (χ0) is 13.2. The third-order valence-electron chi connectivity index (χ3n) is 3.37. The molecule has 1 atom stereocenters. The second-order valence-electron chi connectivity index (χ2n) is 5.15. The summed E-state index contributed by atoms with van der Waals surface area (Å²) in [4.78, 5) is 15.0. The molecule has 0 saturated carbocycles. The van der Waals surface area contributed by atoms with Gasteiger partial charge in [0.15, 0.2) is 5.78 Å². The van der Waals surface area contributed by atoms with E-state index in [-0.39, 0.29) is 5.78 Å². The molecule has 0 aliphatic carbocycles. The number of carbonyl (C=O) groups is 1. The second-order valence-corrected chi connectivity index (χ2v) is 7.62. The summed E-state index contributed by atoms with van der Waals surface area (Å²) in [5.74, 6) is 0.173. The lowest BCUT2D eigenvalue weighted by Gasteiger charge is -2.21. The van der Waals surface area contributed by atoms with Gasteiger partial charge in [0.2, 0.25) is 0 Å². The molecule has 1 saturated heterocycles. The Labute approximate surface area is 120 Å². The number of thiophene rings is 1. The van der Waals surface area contributed by atoms with Gasteiger partial charge in [-0.05, 0) is 60.8 Å². The Balaban J connectivity index is 1.91. The number of rotatable bonds is 3. The minimum Gasteiger partial charge on any atom is -0.390 e. The van der Waals surface area contributed by atoms with Gasteiger partial charge in [-0.1, -0.05) is 0 Å². The molecule has 2 rings (SSSR count). The molecule has 1 unspecified atom stereocenters. The standard InChI is InChI=1S/C13H18BrNO2S/c1-13(17)5-2-7-15(8-6-13)9-10(16)11-3-4-12(14)18-11/h3-4,17H,2,5-9H2,1H3. The average molecular weight is 332 g/mol. The highest BCUT2D eigenvalue weighted by atomic mass is 79.9. The molecular formula is C13H18BrNO2S. The zero-order valence-corrected chi connectivity index (χ0v) is 12.9. The monoisotopic (exact) mass is 331 g/mol. The Morgan fingerprint density at radius 1 is 1.50 bits per heavy atom. The summed E-state index contributed by atoms with van der Waals surface area (Å²) in [5.41, 5.74) is -0.566. The lowest BCUT2D eigenvalue weighted by atomic mass is 9.98. The van der Waals surface area contributed by atoms with Crippen LogP contribution in [0.5, 0.6) is 0 Å². The normalized spacial score (nSPS) is 25.9. The smallest absolute Gasteiger partial charge is 0.186 e. The summed E-state index contributed by atoms with van der Waals surface area (Å²) >= 11 is 4.85. The van der Waals surface area contributed by atoms with Crippen LogP contribution in [0.3, 0.4) is 0 Å². The van der Waals surface area contributed by atoms with Gasteiger partial charge in [-0.3, -0.25) is 9.69 Å². The lowest BCUT2D eigenvalue weighted by Crippen LogP contribution is -2.32. The summed E-state index contributed by atoms with van der Waals surface area (Å²) in [6, 6.07) is 3.77. The summed E-state index contributed by atoms with van der Waals surface area (Å²) in [7, 11) is 0. The van der Waals surface area contributed by atoms with Crippen LogP contribution in [0.4, 0.5) is 0 Å². The molecule has 5 heteroatoms. The van der Waals surface area contributed by atoms with Crippen molar-refractivity contribution >= 4 is 33.0 Å². The molecule has 1 N–H and O–H groups in total. The fraction of sp³-hybridized carbons (Fsp3) is 0.615. The number of carbonyl (C=O) groups excluding carboxylic acids is 1. The van der Waals surface area contributed by atoms with Crippen molar-refractivity contribution < 1.29 is 9.90 Å². The third kappa shape index (κ3) is 3.88. The quantitative estimate of drug-likeness (QED) is 0.866. The maximum atomic E-state index is 12.1. The topological polar surface area (TPSA) is 40.5 Å². The molecule has 1 aliphatic heterocycles. The zero-order valence-electron chi connectivity index (χ0n) is 10.5. The van der Waals surface area contributed by atoms with Crippen molar-refractivity contribution in [3.05, 3.63) is 20.8 Å². The van der Waals surface area contributed by atoms with Crippen molar-refractivity contribution in [1.29, 1.82) is 0 Å². The summed E-state index contributed by atoms with van der Waals surface area (Å²) in [5, 5.41) is 10.0. The number of hydrogen-bond acceptors (Lipinski definition) is 4. The Bertz CT molecular complexity index is 430. The van der Waals surface area contributed by atoms with Gasteiger partial charge < -0.3 is 5.11 Å². The van der Waals surface area contributed by atoms with Crippen LogP contribution in [0.2, 0.25) is 0 Å². The van der Waals surface area contributed by atoms with Crippen LogP contribution in [-0.2, 0) is 0 Å². The van der Waals surface area contributed by atoms with Gasteiger partial charge in [0.1, 0.15) is 0 Å². The van der Waals surface area contributed by atoms with Crippen molar-refractivity contribution in [3.8, 4) is 0 Å². The second kappa shape index (κ2) is 5.82. The van der Waals surface area contributed by atoms with Crippen LogP contribution in [0.15, 0.2) is 15.9 Å². The number of Topliss-reactive ketones (excluding diaryl/α,β-unsaturated/α-hetero) is 1. The van der Waals surface area contributed by atoms with Gasteiger partial charge in [-0.15, -0.1) is 11.3 Å². The molecule has 0 spiro atoms. The Morgan fingerprint density at radius 3 is 2.94 bits per heavy atom. The van der Waals surface area contributed by atoms with E-state index in [1.807, 2.05) is 19.1 Å². The van der Waals surface area contributed by atoms with E-state index in [0.717, 1.165) is 41.0 Å². The van der Waals surface area contributed by atoms with E-state index in [4.69, 9.17) is 0 Å². The molecule has 0 bridgehead atoms. The van der Waals surface area contributed by atoms with Gasteiger partial charge in [-0.25, -0.2) is 0 Å². The van der Waals surface area contributed by atoms with Crippen LogP contribution in [-0.4, -0.2) is 41.0 Å². The molecule has 100 valence electrons. The van der Waals surface area contributed by atoms with Crippen molar-refractivity contribution in [2.45, 2.75) is 31.8 Å². The maximum absolute atomic E-state index is 12.1. The third-order valence-corrected chi connectivity index (χ3v) is 5.04. The van der Waals surface area contributed by atoms with E-state index in [0.29, 0.717) is 6.54 Å². The molecule has 1 aromatic heterocycles. The summed E-state index contributed by atoms with van der Waals surface area (Å²) in [6.07, 6.45) is 2.52. The number of ketones is 1. The molecular weight excluding hydrogens is 314 g/mol. The largest absolute Gasteiger partial charge is 0.390 e. The van der Waals surface area contributed by atoms with Gasteiger partial charge >= 0.3 is 0 Å². The van der Waals surface area contributed by atoms with Gasteiger partial charge in [0, 0.05) is 6.54 Å². The molecule has 0 amide bonds. The number of halogens is 1. The lowest BCUT2D eigenvalue weighted by molar-refractivity contribution is 0.0444. The predicted molar refractivity (Wildman–Crippen MR) is 77.3 cm³/mol. The number of aliphatic hydroxyl groups is 1. The Morgan fingerprint density at radius 2 is 2.28 bits per heavy atom. The fourth-order valence-electron chi connectivity index (χ4n) is 2.22. The molecule has 0 aromatic carbocycles. The van der Waals surface area contributed by atoms with Crippen LogP contribution in [0.1, 0.15) is 35.9 Å². The van der Waals surface area contributed by atoms with E-state index in [1.165, 1.54) is 11.3 Å². The molecule has 1 fully saturated rings. The first-order chi connectivity index (χ1) is 8.46. The average Bonchev–Trinajstić information content (AvgIpc) is 2.65. The first kappa shape index (κ1) is 14.2. The summed E-state index contributed by atoms with van der Waals surface area (Å²) < 4.78 is 0.990. The van der Waals surface area contributed by atoms with Crippen LogP contribution >= 0.6 is 27.3 Å². The number of hydrogen-bond donors (Lipinski definition) is 1. The van der Waals surface area contributed by atoms with E-state index < -0.39 is 5.60 Å². The minimum atomic E-state index is -0.566. The molecule has 3 nitrogen and oxygen atoms in total. The number of likely N-dealkylation sites (tertiary alicyclic amines) is 1. The van der Waals surface area contributed by atoms with Crippen LogP contribution < -0.4 is 0 Å². The minimum absolute atomic E-state index is 0.173. The Kier molecular flexibility index (Phi) is 4.59. The van der Waals surface area contributed by atoms with Crippen LogP contribution in [0, 0.1) is 0 Å². The maximum Gasteiger partial charge on any atom is 0.186 e. The molecule has 18 heavy (non-hydrogen) atoms.